The molecule has 0 unspecified atom stereocenters. The number of benzene rings is 2. The molecule has 0 spiro atoms. The minimum absolute atomic E-state index is 0.328. The summed E-state index contributed by atoms with van der Waals surface area (Å²) in [6.45, 7) is 0. The first kappa shape index (κ1) is 10.6. The molecule has 17 heavy (non-hydrogen) atoms. The predicted octanol–water partition coefficient (Wildman–Crippen LogP) is 2.71. The van der Waals surface area contributed by atoms with Crippen LogP contribution in [0.1, 0.15) is 0 Å². The normalized spacial score (nSPS) is 10.9. The summed E-state index contributed by atoms with van der Waals surface area (Å²) in [7, 11) is 0. The van der Waals surface area contributed by atoms with E-state index >= 15 is 0 Å². The Morgan fingerprint density at radius 3 is 2.41 bits per heavy atom. The maximum absolute atomic E-state index is 9.91. The van der Waals surface area contributed by atoms with Gasteiger partial charge < -0.3 is 0 Å². The molecule has 0 fully saturated rings. The number of phenolic OH excluding ortho intramolecular Hbond substituents is 1. The molecule has 0 aliphatic rings. The van der Waals surface area contributed by atoms with E-state index < -0.39 is 0 Å². The second-order valence-corrected chi connectivity index (χ2v) is 5.52. The van der Waals surface area contributed by atoms with E-state index in [-0.39, 0.29) is 0 Å². The van der Waals surface area contributed by atoms with Gasteiger partial charge in [0.15, 0.2) is 0 Å². The summed E-state index contributed by atoms with van der Waals surface area (Å²) in [6.07, 6.45) is 0. The molecule has 2 N–H and O–H groups in total. The summed E-state index contributed by atoms with van der Waals surface area (Å²) in [5.74, 6) is 0.328. The molecule has 1 aromatic heterocycles. The average Bonchev–Trinajstić information content (AvgIpc) is 2.68. The summed E-state index contributed by atoms with van der Waals surface area (Å²) >= 11 is 1.06. The molecule has 0 saturated carbocycles. The van der Waals surface area contributed by atoms with Crippen LogP contribution in [0.5, 0.6) is 5.75 Å². The summed E-state index contributed by atoms with van der Waals surface area (Å²) in [6, 6.07) is 15.7. The molecular weight excluding hydrogens is 264 g/mol. The van der Waals surface area contributed by atoms with Crippen molar-refractivity contribution in [2.24, 2.45) is 0 Å². The van der Waals surface area contributed by atoms with E-state index in [4.69, 9.17) is 0 Å². The molecule has 3 heteroatoms. The average molecular weight is 274 g/mol. The van der Waals surface area contributed by atoms with Gasteiger partial charge in [0.2, 0.25) is 0 Å². The second-order valence-electron chi connectivity index (χ2n) is 4.04. The van der Waals surface area contributed by atoms with Crippen molar-refractivity contribution in [1.82, 2.24) is 4.98 Å². The third kappa shape index (κ3) is 1.67. The molecule has 0 aliphatic heterocycles. The Kier molecular flexibility index (Phi) is 2.49. The molecule has 3 aromatic rings. The van der Waals surface area contributed by atoms with E-state index in [0.717, 1.165) is 35.1 Å². The van der Waals surface area contributed by atoms with Gasteiger partial charge in [0.1, 0.15) is 0 Å². The Hall–Kier alpha value is -1.60. The minimum atomic E-state index is 0.328. The number of H-pyrrole nitrogens is 1. The van der Waals surface area contributed by atoms with Crippen LogP contribution in [0.15, 0.2) is 48.5 Å². The molecule has 0 amide bonds. The molecule has 79 valence electrons. The number of para-hydroxylation sites is 2. The molecule has 2 nitrogen and oxygen atoms in total. The van der Waals surface area contributed by atoms with E-state index in [0.29, 0.717) is 5.75 Å². The van der Waals surface area contributed by atoms with Crippen LogP contribution in [-0.4, -0.2) is 10.1 Å². The number of rotatable bonds is 1. The predicted molar refractivity (Wildman–Crippen MR) is 65.0 cm³/mol. The van der Waals surface area contributed by atoms with E-state index in [1.807, 2.05) is 30.3 Å². The van der Waals surface area contributed by atoms with Crippen molar-refractivity contribution in [1.29, 1.82) is 0 Å². The first-order valence-corrected chi connectivity index (χ1v) is 6.97. The standard InChI is InChI=1S/C14H10NO.Zn/c16-14-8-4-2-6-11(14)13-9-10-5-1-3-7-12(10)15-13;/h1-8,15-16H;. The van der Waals surface area contributed by atoms with Crippen LogP contribution in [0.2, 0.25) is 0 Å². The van der Waals surface area contributed by atoms with Crippen molar-refractivity contribution in [2.75, 3.05) is 0 Å². The van der Waals surface area contributed by atoms with Crippen molar-refractivity contribution in [3.63, 3.8) is 0 Å². The van der Waals surface area contributed by atoms with Gasteiger partial charge in [0.25, 0.3) is 0 Å². The maximum atomic E-state index is 9.91. The Morgan fingerprint density at radius 1 is 0.941 bits per heavy atom. The Morgan fingerprint density at radius 2 is 1.65 bits per heavy atom. The van der Waals surface area contributed by atoms with Crippen LogP contribution >= 0.6 is 0 Å². The molecule has 0 bridgehead atoms. The molecule has 1 heterocycles. The second kappa shape index (κ2) is 4.01. The van der Waals surface area contributed by atoms with Crippen LogP contribution < -0.4 is 4.16 Å². The molecule has 0 saturated heterocycles. The number of hydrogen-bond acceptors (Lipinski definition) is 1. The van der Waals surface area contributed by atoms with Gasteiger partial charge in [-0.25, -0.2) is 0 Å². The van der Waals surface area contributed by atoms with Gasteiger partial charge in [-0.1, -0.05) is 0 Å². The van der Waals surface area contributed by atoms with Gasteiger partial charge in [0, 0.05) is 0 Å². The van der Waals surface area contributed by atoms with Crippen molar-refractivity contribution in [2.45, 2.75) is 0 Å². The molecule has 0 atom stereocenters. The SMILES string of the molecule is Oc1ccccc1-c1[nH]c2ccccc2[c]1[Zn]. The van der Waals surface area contributed by atoms with Crippen LogP contribution in [-0.2, 0) is 18.3 Å². The Bertz CT molecular complexity index is 688. The quantitative estimate of drug-likeness (QED) is 0.657. The van der Waals surface area contributed by atoms with E-state index in [1.54, 1.807) is 6.07 Å². The fourth-order valence-corrected chi connectivity index (χ4v) is 3.35. The molecule has 3 rings (SSSR count). The zero-order chi connectivity index (χ0) is 11.8. The Labute approximate surface area is 109 Å². The number of aromatic nitrogens is 1. The number of nitrogens with one attached hydrogen (secondary N) is 1. The van der Waals surface area contributed by atoms with Crippen molar-refractivity contribution < 1.29 is 23.4 Å². The van der Waals surface area contributed by atoms with Crippen molar-refractivity contribution in [3.8, 4) is 17.0 Å². The summed E-state index contributed by atoms with van der Waals surface area (Å²) < 4.78 is 1.29. The number of aromatic hydroxyl groups is 1. The van der Waals surface area contributed by atoms with Crippen LogP contribution in [0.3, 0.4) is 0 Å². The topological polar surface area (TPSA) is 36.0 Å². The van der Waals surface area contributed by atoms with Gasteiger partial charge in [-0.2, -0.15) is 0 Å². The molecule has 0 aliphatic carbocycles. The van der Waals surface area contributed by atoms with Gasteiger partial charge in [0.05, 0.1) is 0 Å². The zero-order valence-electron chi connectivity index (χ0n) is 9.27. The van der Waals surface area contributed by atoms with Crippen LogP contribution in [0.4, 0.5) is 0 Å². The number of hydrogen-bond donors (Lipinski definition) is 2. The number of phenols is 1. The van der Waals surface area contributed by atoms with Crippen molar-refractivity contribution in [3.05, 3.63) is 48.5 Å². The molecule has 2 aromatic carbocycles. The third-order valence-corrected chi connectivity index (χ3v) is 4.53. The van der Waals surface area contributed by atoms with Gasteiger partial charge in [-0.3, -0.25) is 0 Å². The molecule has 0 radical (unpaired) electrons. The first-order valence-electron chi connectivity index (χ1n) is 5.48. The van der Waals surface area contributed by atoms with E-state index in [9.17, 15) is 5.11 Å². The first-order chi connectivity index (χ1) is 8.27. The molecular formula is C14H10NOZn. The third-order valence-electron chi connectivity index (χ3n) is 2.99. The fraction of sp³-hybridized carbons (Fsp3) is 0. The van der Waals surface area contributed by atoms with Crippen molar-refractivity contribution >= 4 is 15.1 Å². The summed E-state index contributed by atoms with van der Waals surface area (Å²) in [4.78, 5) is 3.39. The number of fused-ring (bicyclic) bond motifs is 1. The number of aromatic amines is 1. The van der Waals surface area contributed by atoms with E-state index in [2.05, 4.69) is 17.1 Å². The van der Waals surface area contributed by atoms with Gasteiger partial charge in [-0.05, 0) is 0 Å². The summed E-state index contributed by atoms with van der Waals surface area (Å²) in [5.41, 5.74) is 3.06. The summed E-state index contributed by atoms with van der Waals surface area (Å²) in [5, 5.41) is 11.2. The van der Waals surface area contributed by atoms with Crippen LogP contribution in [0, 0.1) is 0 Å². The van der Waals surface area contributed by atoms with Gasteiger partial charge in [-0.15, -0.1) is 0 Å². The zero-order valence-corrected chi connectivity index (χ0v) is 12.2. The van der Waals surface area contributed by atoms with Crippen LogP contribution in [0.25, 0.3) is 22.2 Å². The fourth-order valence-electron chi connectivity index (χ4n) is 2.11. The van der Waals surface area contributed by atoms with Gasteiger partial charge >= 0.3 is 109 Å². The monoisotopic (exact) mass is 272 g/mol. The Balaban J connectivity index is 2.32. The van der Waals surface area contributed by atoms with E-state index in [1.165, 1.54) is 9.54 Å².